The molecule has 1 saturated carbocycles. The minimum Gasteiger partial charge on any atom is -0.481 e. The number of aliphatic hydroxyl groups is 1. The van der Waals surface area contributed by atoms with Crippen molar-refractivity contribution in [2.45, 2.75) is 49.4 Å². The first kappa shape index (κ1) is 23.0. The summed E-state index contributed by atoms with van der Waals surface area (Å²) in [5.74, 6) is -0.833. The number of sulfonamides is 1. The van der Waals surface area contributed by atoms with Crippen molar-refractivity contribution < 1.29 is 36.6 Å². The van der Waals surface area contributed by atoms with Gasteiger partial charge < -0.3 is 10.2 Å². The molecule has 2 unspecified atom stereocenters. The molecule has 2 N–H and O–H groups in total. The third-order valence-electron chi connectivity index (χ3n) is 6.06. The third-order valence-corrected chi connectivity index (χ3v) is 8.09. The maximum atomic E-state index is 13.0. The van der Waals surface area contributed by atoms with Gasteiger partial charge in [0.25, 0.3) is 0 Å². The van der Waals surface area contributed by atoms with Crippen LogP contribution in [0.25, 0.3) is 0 Å². The van der Waals surface area contributed by atoms with Gasteiger partial charge in [0.2, 0.25) is 10.0 Å². The highest BCUT2D eigenvalue weighted by molar-refractivity contribution is 7.89. The molecular weight excluding hydrogens is 425 g/mol. The van der Waals surface area contributed by atoms with Crippen molar-refractivity contribution in [3.05, 3.63) is 29.8 Å². The fraction of sp³-hybridized carbons (Fsp3) is 0.632. The average Bonchev–Trinajstić information content (AvgIpc) is 3.41. The van der Waals surface area contributed by atoms with Gasteiger partial charge in [-0.05, 0) is 44.4 Å². The number of piperazine rings is 1. The Labute approximate surface area is 173 Å². The molecule has 1 aliphatic heterocycles. The molecule has 7 nitrogen and oxygen atoms in total. The topological polar surface area (TPSA) is 98.2 Å². The predicted molar refractivity (Wildman–Crippen MR) is 101 cm³/mol. The van der Waals surface area contributed by atoms with Crippen LogP contribution in [0.5, 0.6) is 0 Å². The predicted octanol–water partition coefficient (Wildman–Crippen LogP) is 2.02. The van der Waals surface area contributed by atoms with Crippen LogP contribution in [0, 0.1) is 5.41 Å². The molecule has 1 aromatic rings. The van der Waals surface area contributed by atoms with E-state index in [0.717, 1.165) is 24.3 Å². The number of alkyl halides is 3. The summed E-state index contributed by atoms with van der Waals surface area (Å²) in [5, 5.41) is 19.1. The van der Waals surface area contributed by atoms with Gasteiger partial charge >= 0.3 is 12.1 Å². The van der Waals surface area contributed by atoms with E-state index in [2.05, 4.69) is 0 Å². The molecule has 0 aromatic heterocycles. The van der Waals surface area contributed by atoms with Crippen molar-refractivity contribution in [2.75, 3.05) is 26.2 Å². The minimum atomic E-state index is -4.90. The normalized spacial score (nSPS) is 24.9. The number of rotatable bonds is 6. The lowest BCUT2D eigenvalue weighted by atomic mass is 9.96. The second-order valence-electron chi connectivity index (χ2n) is 8.38. The number of halogens is 3. The first-order valence-electron chi connectivity index (χ1n) is 9.58. The SMILES string of the molecule is CC1CN(CC2(C(=O)O)CC2)CCN1S(=O)(=O)c1ccc(C(C)(O)C(F)(F)F)cc1. The molecule has 0 radical (unpaired) electrons. The quantitative estimate of drug-likeness (QED) is 0.688. The van der Waals surface area contributed by atoms with Crippen LogP contribution in [0.1, 0.15) is 32.3 Å². The van der Waals surface area contributed by atoms with E-state index in [1.807, 2.05) is 4.90 Å². The summed E-state index contributed by atoms with van der Waals surface area (Å²) >= 11 is 0. The fourth-order valence-electron chi connectivity index (χ4n) is 3.79. The Morgan fingerprint density at radius 2 is 1.77 bits per heavy atom. The summed E-state index contributed by atoms with van der Waals surface area (Å²) < 4.78 is 66.2. The van der Waals surface area contributed by atoms with Crippen molar-refractivity contribution in [3.8, 4) is 0 Å². The van der Waals surface area contributed by atoms with Gasteiger partial charge in [-0.25, -0.2) is 8.42 Å². The molecule has 30 heavy (non-hydrogen) atoms. The van der Waals surface area contributed by atoms with Crippen LogP contribution in [0.15, 0.2) is 29.2 Å². The number of carboxylic acids is 1. The largest absolute Gasteiger partial charge is 0.481 e. The van der Waals surface area contributed by atoms with Crippen LogP contribution in [0.2, 0.25) is 0 Å². The van der Waals surface area contributed by atoms with Crippen LogP contribution in [-0.4, -0.2) is 72.2 Å². The Bertz CT molecular complexity index is 911. The van der Waals surface area contributed by atoms with Crippen LogP contribution < -0.4 is 0 Å². The highest BCUT2D eigenvalue weighted by atomic mass is 32.2. The maximum absolute atomic E-state index is 13.0. The summed E-state index contributed by atoms with van der Waals surface area (Å²) in [5.41, 5.74) is -4.27. The van der Waals surface area contributed by atoms with Crippen molar-refractivity contribution in [1.82, 2.24) is 9.21 Å². The molecule has 11 heteroatoms. The van der Waals surface area contributed by atoms with Crippen molar-refractivity contribution in [3.63, 3.8) is 0 Å². The zero-order valence-electron chi connectivity index (χ0n) is 16.7. The van der Waals surface area contributed by atoms with E-state index in [4.69, 9.17) is 0 Å². The van der Waals surface area contributed by atoms with Crippen molar-refractivity contribution >= 4 is 16.0 Å². The summed E-state index contributed by atoms with van der Waals surface area (Å²) in [6.07, 6.45) is -3.67. The van der Waals surface area contributed by atoms with Crippen LogP contribution in [0.4, 0.5) is 13.2 Å². The lowest BCUT2D eigenvalue weighted by Gasteiger charge is -2.39. The molecule has 2 fully saturated rings. The summed E-state index contributed by atoms with van der Waals surface area (Å²) in [6, 6.07) is 3.63. The second kappa shape index (κ2) is 7.47. The van der Waals surface area contributed by atoms with E-state index >= 15 is 0 Å². The molecule has 1 aliphatic carbocycles. The lowest BCUT2D eigenvalue weighted by Crippen LogP contribution is -2.55. The molecule has 0 bridgehead atoms. The zero-order chi connectivity index (χ0) is 22.5. The Kier molecular flexibility index (Phi) is 5.72. The molecule has 0 spiro atoms. The first-order valence-corrected chi connectivity index (χ1v) is 11.0. The van der Waals surface area contributed by atoms with Gasteiger partial charge in [-0.2, -0.15) is 17.5 Å². The number of carboxylic acid groups (broad SMARTS) is 1. The maximum Gasteiger partial charge on any atom is 0.421 e. The molecule has 2 atom stereocenters. The summed E-state index contributed by atoms with van der Waals surface area (Å²) in [7, 11) is -3.95. The smallest absolute Gasteiger partial charge is 0.421 e. The standard InChI is InChI=1S/C19H25F3N2O5S/c1-13-11-23(12-18(7-8-18)16(25)26)9-10-24(13)30(28,29)15-5-3-14(4-6-15)17(2,27)19(20,21)22/h3-6,13,27H,7-12H2,1-2H3,(H,25,26). The number of benzene rings is 1. The van der Waals surface area contributed by atoms with E-state index in [0.29, 0.717) is 39.4 Å². The van der Waals surface area contributed by atoms with Gasteiger partial charge in [-0.3, -0.25) is 9.69 Å². The number of aliphatic carboxylic acids is 1. The number of carbonyl (C=O) groups is 1. The molecule has 2 aliphatic rings. The van der Waals surface area contributed by atoms with E-state index in [1.165, 1.54) is 4.31 Å². The van der Waals surface area contributed by atoms with E-state index in [-0.39, 0.29) is 11.4 Å². The zero-order valence-corrected chi connectivity index (χ0v) is 17.5. The number of nitrogens with zero attached hydrogens (tertiary/aromatic N) is 2. The Hall–Kier alpha value is -1.69. The van der Waals surface area contributed by atoms with E-state index < -0.39 is 44.8 Å². The molecular formula is C19H25F3N2O5S. The van der Waals surface area contributed by atoms with Gasteiger partial charge in [0.15, 0.2) is 5.60 Å². The molecule has 3 rings (SSSR count). The van der Waals surface area contributed by atoms with E-state index in [9.17, 15) is 36.6 Å². The molecule has 1 aromatic carbocycles. The fourth-order valence-corrected chi connectivity index (χ4v) is 5.40. The van der Waals surface area contributed by atoms with Crippen molar-refractivity contribution in [2.24, 2.45) is 5.41 Å². The van der Waals surface area contributed by atoms with Gasteiger partial charge in [-0.15, -0.1) is 0 Å². The number of hydrogen-bond acceptors (Lipinski definition) is 5. The Morgan fingerprint density at radius 1 is 1.20 bits per heavy atom. The summed E-state index contributed by atoms with van der Waals surface area (Å²) in [4.78, 5) is 13.2. The monoisotopic (exact) mass is 450 g/mol. The Balaban J connectivity index is 1.72. The lowest BCUT2D eigenvalue weighted by molar-refractivity contribution is -0.258. The highest BCUT2D eigenvalue weighted by Crippen LogP contribution is 2.46. The second-order valence-corrected chi connectivity index (χ2v) is 10.3. The van der Waals surface area contributed by atoms with Crippen LogP contribution >= 0.6 is 0 Å². The van der Waals surface area contributed by atoms with E-state index in [1.54, 1.807) is 6.92 Å². The number of hydrogen-bond donors (Lipinski definition) is 2. The summed E-state index contributed by atoms with van der Waals surface area (Å²) in [6.45, 7) is 3.60. The minimum absolute atomic E-state index is 0.154. The van der Waals surface area contributed by atoms with Gasteiger partial charge in [0.1, 0.15) is 0 Å². The molecule has 168 valence electrons. The molecule has 0 amide bonds. The molecule has 1 heterocycles. The highest BCUT2D eigenvalue weighted by Gasteiger charge is 2.52. The Morgan fingerprint density at radius 3 is 2.20 bits per heavy atom. The van der Waals surface area contributed by atoms with Crippen LogP contribution in [0.3, 0.4) is 0 Å². The van der Waals surface area contributed by atoms with Gasteiger partial charge in [0, 0.05) is 32.2 Å². The van der Waals surface area contributed by atoms with Crippen LogP contribution in [-0.2, 0) is 20.4 Å². The molecule has 1 saturated heterocycles. The van der Waals surface area contributed by atoms with Crippen molar-refractivity contribution in [1.29, 1.82) is 0 Å². The average molecular weight is 450 g/mol. The first-order chi connectivity index (χ1) is 13.7. The van der Waals surface area contributed by atoms with Gasteiger partial charge in [0.05, 0.1) is 10.3 Å². The third kappa shape index (κ3) is 4.08. The van der Waals surface area contributed by atoms with Gasteiger partial charge in [-0.1, -0.05) is 12.1 Å².